The third-order valence-electron chi connectivity index (χ3n) is 2.61. The number of carboxylic acid groups (broad SMARTS) is 1. The average Bonchev–Trinajstić information content (AvgIpc) is 2.47. The van der Waals surface area contributed by atoms with E-state index in [-0.39, 0.29) is 12.1 Å². The highest BCUT2D eigenvalue weighted by Gasteiger charge is 2.24. The van der Waals surface area contributed by atoms with Crippen LogP contribution in [0.5, 0.6) is 0 Å². The third kappa shape index (κ3) is 5.30. The summed E-state index contributed by atoms with van der Waals surface area (Å²) >= 11 is 0. The van der Waals surface area contributed by atoms with Crippen LogP contribution in [-0.2, 0) is 9.53 Å². The number of alkyl carbamates (subject to hydrolysis) is 1. The molecule has 1 amide bonds. The Labute approximate surface area is 119 Å². The van der Waals surface area contributed by atoms with E-state index in [9.17, 15) is 9.59 Å². The van der Waals surface area contributed by atoms with Gasteiger partial charge in [-0.05, 0) is 26.8 Å². The molecule has 0 saturated carbocycles. The summed E-state index contributed by atoms with van der Waals surface area (Å²) in [5, 5.41) is 11.7. The molecule has 0 bridgehead atoms. The number of amides is 1. The molecule has 0 aromatic heterocycles. The van der Waals surface area contributed by atoms with Gasteiger partial charge in [0.05, 0.1) is 5.57 Å². The number of carbonyl (C=O) groups is 2. The zero-order valence-corrected chi connectivity index (χ0v) is 12.3. The van der Waals surface area contributed by atoms with Crippen molar-refractivity contribution >= 4 is 12.1 Å². The van der Waals surface area contributed by atoms with E-state index >= 15 is 0 Å². The van der Waals surface area contributed by atoms with Crippen LogP contribution in [0.4, 0.5) is 4.79 Å². The maximum atomic E-state index is 11.6. The molecule has 5 nitrogen and oxygen atoms in total. The van der Waals surface area contributed by atoms with Gasteiger partial charge in [-0.1, -0.05) is 31.2 Å². The van der Waals surface area contributed by atoms with E-state index in [0.717, 1.165) is 0 Å². The van der Waals surface area contributed by atoms with E-state index in [1.165, 1.54) is 6.08 Å². The fourth-order valence-electron chi connectivity index (χ4n) is 1.71. The van der Waals surface area contributed by atoms with E-state index in [1.54, 1.807) is 39.0 Å². The number of ether oxygens (including phenoxy) is 1. The lowest BCUT2D eigenvalue weighted by Gasteiger charge is -2.25. The van der Waals surface area contributed by atoms with Crippen LogP contribution in [0.3, 0.4) is 0 Å². The van der Waals surface area contributed by atoms with Gasteiger partial charge in [0.1, 0.15) is 5.60 Å². The summed E-state index contributed by atoms with van der Waals surface area (Å²) < 4.78 is 5.15. The second kappa shape index (κ2) is 5.94. The Hall–Kier alpha value is -2.04. The second-order valence-electron chi connectivity index (χ2n) is 5.98. The molecule has 20 heavy (non-hydrogen) atoms. The molecule has 5 heteroatoms. The van der Waals surface area contributed by atoms with E-state index in [1.807, 2.05) is 13.0 Å². The number of carbonyl (C=O) groups excluding carboxylic acids is 1. The van der Waals surface area contributed by atoms with Crippen LogP contribution in [0.15, 0.2) is 36.0 Å². The molecule has 1 unspecified atom stereocenters. The number of carboxylic acids is 1. The van der Waals surface area contributed by atoms with Gasteiger partial charge in [-0.3, -0.25) is 0 Å². The van der Waals surface area contributed by atoms with Crippen molar-refractivity contribution in [2.24, 2.45) is 5.41 Å². The van der Waals surface area contributed by atoms with E-state index < -0.39 is 23.1 Å². The summed E-state index contributed by atoms with van der Waals surface area (Å²) in [5.74, 6) is -0.992. The first kappa shape index (κ1) is 16.0. The maximum Gasteiger partial charge on any atom is 0.407 e. The van der Waals surface area contributed by atoms with Gasteiger partial charge in [-0.2, -0.15) is 0 Å². The summed E-state index contributed by atoms with van der Waals surface area (Å²) in [6.07, 6.45) is 7.90. The predicted molar refractivity (Wildman–Crippen MR) is 76.3 cm³/mol. The zero-order chi connectivity index (χ0) is 15.4. The van der Waals surface area contributed by atoms with Gasteiger partial charge in [0, 0.05) is 12.0 Å². The molecule has 0 saturated heterocycles. The molecule has 0 spiro atoms. The van der Waals surface area contributed by atoms with Crippen molar-refractivity contribution < 1.29 is 19.4 Å². The lowest BCUT2D eigenvalue weighted by Crippen LogP contribution is -2.38. The molecule has 1 aliphatic rings. The molecule has 1 atom stereocenters. The first-order valence-electron chi connectivity index (χ1n) is 6.40. The minimum atomic E-state index is -0.992. The molecule has 0 aromatic rings. The van der Waals surface area contributed by atoms with Crippen LogP contribution >= 0.6 is 0 Å². The first-order chi connectivity index (χ1) is 9.11. The molecule has 2 N–H and O–H groups in total. The Morgan fingerprint density at radius 1 is 1.35 bits per heavy atom. The smallest absolute Gasteiger partial charge is 0.407 e. The summed E-state index contributed by atoms with van der Waals surface area (Å²) in [5.41, 5.74) is -0.939. The molecule has 0 radical (unpaired) electrons. The van der Waals surface area contributed by atoms with Crippen molar-refractivity contribution in [3.63, 3.8) is 0 Å². The van der Waals surface area contributed by atoms with Crippen LogP contribution in [0.1, 0.15) is 27.7 Å². The quantitative estimate of drug-likeness (QED) is 0.832. The Balaban J connectivity index is 2.72. The minimum absolute atomic E-state index is 0.198. The summed E-state index contributed by atoms with van der Waals surface area (Å²) in [6, 6.07) is 0. The van der Waals surface area contributed by atoms with Gasteiger partial charge in [-0.15, -0.1) is 0 Å². The lowest BCUT2D eigenvalue weighted by atomic mass is 9.88. The Kier molecular flexibility index (Phi) is 4.76. The van der Waals surface area contributed by atoms with Crippen LogP contribution in [0, 0.1) is 5.41 Å². The SMILES string of the molecule is CC1(CNC(=O)OC(C)(C)C)C=CC=CC(C(=O)O)=C1. The monoisotopic (exact) mass is 279 g/mol. The van der Waals surface area contributed by atoms with Crippen molar-refractivity contribution in [2.45, 2.75) is 33.3 Å². The lowest BCUT2D eigenvalue weighted by molar-refractivity contribution is -0.132. The minimum Gasteiger partial charge on any atom is -0.478 e. The van der Waals surface area contributed by atoms with Gasteiger partial charge in [-0.25, -0.2) is 9.59 Å². The molecule has 110 valence electrons. The number of allylic oxidation sites excluding steroid dienone is 2. The normalized spacial score (nSPS) is 21.9. The van der Waals surface area contributed by atoms with Gasteiger partial charge >= 0.3 is 12.1 Å². The molecule has 0 aromatic carbocycles. The van der Waals surface area contributed by atoms with Gasteiger partial charge < -0.3 is 15.2 Å². The number of nitrogens with one attached hydrogen (secondary N) is 1. The highest BCUT2D eigenvalue weighted by molar-refractivity contribution is 5.90. The zero-order valence-electron chi connectivity index (χ0n) is 12.3. The van der Waals surface area contributed by atoms with Crippen molar-refractivity contribution in [3.8, 4) is 0 Å². The Morgan fingerprint density at radius 3 is 2.55 bits per heavy atom. The number of hydrogen-bond donors (Lipinski definition) is 2. The largest absolute Gasteiger partial charge is 0.478 e. The van der Waals surface area contributed by atoms with E-state index in [2.05, 4.69) is 5.32 Å². The number of aliphatic carboxylic acids is 1. The average molecular weight is 279 g/mol. The standard InChI is InChI=1S/C15H21NO4/c1-14(2,3)20-13(19)16-10-15(4)8-6-5-7-11(9-15)12(17)18/h5-9H,10H2,1-4H3,(H,16,19)(H,17,18). The van der Waals surface area contributed by atoms with E-state index in [4.69, 9.17) is 9.84 Å². The van der Waals surface area contributed by atoms with Gasteiger partial charge in [0.2, 0.25) is 0 Å². The highest BCUT2D eigenvalue weighted by atomic mass is 16.6. The van der Waals surface area contributed by atoms with Gasteiger partial charge in [0.25, 0.3) is 0 Å². The first-order valence-corrected chi connectivity index (χ1v) is 6.40. The number of hydrogen-bond acceptors (Lipinski definition) is 3. The van der Waals surface area contributed by atoms with Crippen LogP contribution in [-0.4, -0.2) is 29.3 Å². The molecule has 1 rings (SSSR count). The maximum absolute atomic E-state index is 11.6. The summed E-state index contributed by atoms with van der Waals surface area (Å²) in [6.45, 7) is 7.46. The highest BCUT2D eigenvalue weighted by Crippen LogP contribution is 2.24. The van der Waals surface area contributed by atoms with Gasteiger partial charge in [0.15, 0.2) is 0 Å². The molecule has 0 fully saturated rings. The van der Waals surface area contributed by atoms with Crippen molar-refractivity contribution in [3.05, 3.63) is 36.0 Å². The fourth-order valence-corrected chi connectivity index (χ4v) is 1.71. The van der Waals surface area contributed by atoms with Crippen molar-refractivity contribution in [2.75, 3.05) is 6.54 Å². The van der Waals surface area contributed by atoms with Crippen molar-refractivity contribution in [1.29, 1.82) is 0 Å². The van der Waals surface area contributed by atoms with Crippen LogP contribution < -0.4 is 5.32 Å². The molecule has 0 aliphatic heterocycles. The van der Waals surface area contributed by atoms with Crippen molar-refractivity contribution in [1.82, 2.24) is 5.32 Å². The Morgan fingerprint density at radius 2 is 2.00 bits per heavy atom. The summed E-state index contributed by atoms with van der Waals surface area (Å²) in [7, 11) is 0. The second-order valence-corrected chi connectivity index (χ2v) is 5.98. The molecular weight excluding hydrogens is 258 g/mol. The van der Waals surface area contributed by atoms with Crippen LogP contribution in [0.25, 0.3) is 0 Å². The fraction of sp³-hybridized carbons (Fsp3) is 0.467. The third-order valence-corrected chi connectivity index (χ3v) is 2.61. The predicted octanol–water partition coefficient (Wildman–Crippen LogP) is 2.65. The number of rotatable bonds is 3. The summed E-state index contributed by atoms with van der Waals surface area (Å²) in [4.78, 5) is 22.7. The molecule has 1 aliphatic carbocycles. The van der Waals surface area contributed by atoms with E-state index in [0.29, 0.717) is 0 Å². The molecule has 0 heterocycles. The molecular formula is C15H21NO4. The Bertz CT molecular complexity index is 483. The van der Waals surface area contributed by atoms with Crippen LogP contribution in [0.2, 0.25) is 0 Å². The topological polar surface area (TPSA) is 75.6 Å².